The summed E-state index contributed by atoms with van der Waals surface area (Å²) in [5.74, 6) is -0.178. The van der Waals surface area contributed by atoms with Crippen LogP contribution in [0.2, 0.25) is 0 Å². The first-order valence-electron chi connectivity index (χ1n) is 5.32. The molecule has 1 N–H and O–H groups in total. The lowest BCUT2D eigenvalue weighted by molar-refractivity contribution is -0.135. The molecule has 0 bridgehead atoms. The lowest BCUT2D eigenvalue weighted by Crippen LogP contribution is -2.10. The van der Waals surface area contributed by atoms with Gasteiger partial charge in [-0.3, -0.25) is 4.79 Å². The highest BCUT2D eigenvalue weighted by molar-refractivity contribution is 9.10. The Morgan fingerprint density at radius 1 is 1.50 bits per heavy atom. The summed E-state index contributed by atoms with van der Waals surface area (Å²) >= 11 is 3.33. The number of hydrogen-bond donors (Lipinski definition) is 1. The third kappa shape index (κ3) is 4.37. The summed E-state index contributed by atoms with van der Waals surface area (Å²) in [6.07, 6.45) is -0.244. The van der Waals surface area contributed by atoms with Crippen LogP contribution < -0.4 is 4.74 Å². The van der Waals surface area contributed by atoms with Crippen LogP contribution in [0.1, 0.15) is 13.3 Å². The summed E-state index contributed by atoms with van der Waals surface area (Å²) in [6.45, 7) is 2.15. The molecule has 0 aliphatic rings. The Labute approximate surface area is 114 Å². The number of aliphatic carboxylic acids is 1. The second-order valence-corrected chi connectivity index (χ2v) is 4.18. The molecule has 0 unspecified atom stereocenters. The molecule has 1 aromatic carbocycles. The van der Waals surface area contributed by atoms with Gasteiger partial charge in [-0.05, 0) is 35.0 Å². The molecule has 0 fully saturated rings. The average molecular weight is 316 g/mol. The third-order valence-corrected chi connectivity index (χ3v) is 2.66. The minimum atomic E-state index is -0.980. The van der Waals surface area contributed by atoms with Crippen molar-refractivity contribution in [3.05, 3.63) is 22.7 Å². The summed E-state index contributed by atoms with van der Waals surface area (Å²) in [5.41, 5.74) is 0.583. The number of halogens is 1. The molecule has 0 amide bonds. The zero-order valence-corrected chi connectivity index (χ0v) is 11.7. The molecule has 98 valence electrons. The monoisotopic (exact) mass is 315 g/mol. The number of hydrogen-bond acceptors (Lipinski definition) is 4. The summed E-state index contributed by atoms with van der Waals surface area (Å²) in [5, 5.41) is 8.74. The SMILES string of the molecule is CCO/C(CC(=O)O)=N/c1ccc(Br)c(OC)c1. The maximum Gasteiger partial charge on any atom is 0.312 e. The molecule has 1 rings (SSSR count). The van der Waals surface area contributed by atoms with Gasteiger partial charge in [0.2, 0.25) is 0 Å². The number of rotatable bonds is 5. The molecule has 1 aromatic rings. The Morgan fingerprint density at radius 2 is 2.22 bits per heavy atom. The minimum Gasteiger partial charge on any atom is -0.495 e. The van der Waals surface area contributed by atoms with Gasteiger partial charge in [-0.1, -0.05) is 0 Å². The van der Waals surface area contributed by atoms with Gasteiger partial charge in [0, 0.05) is 6.07 Å². The fourth-order valence-electron chi connectivity index (χ4n) is 1.28. The Morgan fingerprint density at radius 3 is 2.78 bits per heavy atom. The predicted octanol–water partition coefficient (Wildman–Crippen LogP) is 3.00. The molecule has 0 saturated carbocycles. The van der Waals surface area contributed by atoms with Crippen molar-refractivity contribution in [1.82, 2.24) is 0 Å². The van der Waals surface area contributed by atoms with Crippen LogP contribution in [0.15, 0.2) is 27.7 Å². The van der Waals surface area contributed by atoms with E-state index in [-0.39, 0.29) is 12.3 Å². The fourth-order valence-corrected chi connectivity index (χ4v) is 1.69. The van der Waals surface area contributed by atoms with Crippen LogP contribution in [0.25, 0.3) is 0 Å². The molecule has 5 nitrogen and oxygen atoms in total. The number of ether oxygens (including phenoxy) is 2. The zero-order chi connectivity index (χ0) is 13.5. The van der Waals surface area contributed by atoms with Gasteiger partial charge < -0.3 is 14.6 Å². The maximum absolute atomic E-state index is 10.7. The summed E-state index contributed by atoms with van der Waals surface area (Å²) in [7, 11) is 1.55. The quantitative estimate of drug-likeness (QED) is 0.670. The number of carboxylic acids is 1. The standard InChI is InChI=1S/C12H14BrNO4/c1-3-18-11(7-12(15)16)14-8-4-5-9(13)10(6-8)17-2/h4-6H,3,7H2,1-2H3,(H,15,16)/b14-11+. The Bertz CT molecular complexity index is 459. The van der Waals surface area contributed by atoms with Gasteiger partial charge in [0.15, 0.2) is 5.90 Å². The number of carboxylic acid groups (broad SMARTS) is 1. The van der Waals surface area contributed by atoms with E-state index in [9.17, 15) is 4.79 Å². The number of benzene rings is 1. The predicted molar refractivity (Wildman–Crippen MR) is 71.7 cm³/mol. The second-order valence-electron chi connectivity index (χ2n) is 3.33. The zero-order valence-electron chi connectivity index (χ0n) is 10.1. The van der Waals surface area contributed by atoms with Crippen LogP contribution in [-0.4, -0.2) is 30.7 Å². The van der Waals surface area contributed by atoms with E-state index in [1.165, 1.54) is 0 Å². The van der Waals surface area contributed by atoms with Gasteiger partial charge in [0.05, 0.1) is 23.9 Å². The highest BCUT2D eigenvalue weighted by Crippen LogP contribution is 2.29. The lowest BCUT2D eigenvalue weighted by atomic mass is 10.3. The van der Waals surface area contributed by atoms with Gasteiger partial charge in [0.1, 0.15) is 12.2 Å². The van der Waals surface area contributed by atoms with E-state index in [0.29, 0.717) is 18.0 Å². The largest absolute Gasteiger partial charge is 0.495 e. The van der Waals surface area contributed by atoms with E-state index in [4.69, 9.17) is 14.6 Å². The van der Waals surface area contributed by atoms with Gasteiger partial charge >= 0.3 is 5.97 Å². The van der Waals surface area contributed by atoms with Gasteiger partial charge in [-0.2, -0.15) is 0 Å². The van der Waals surface area contributed by atoms with Crippen molar-refractivity contribution in [3.63, 3.8) is 0 Å². The molecule has 0 aliphatic carbocycles. The highest BCUT2D eigenvalue weighted by atomic mass is 79.9. The first-order chi connectivity index (χ1) is 8.56. The highest BCUT2D eigenvalue weighted by Gasteiger charge is 2.08. The number of methoxy groups -OCH3 is 1. The Balaban J connectivity index is 2.99. The number of carbonyl (C=O) groups is 1. The van der Waals surface area contributed by atoms with Crippen molar-refractivity contribution < 1.29 is 19.4 Å². The third-order valence-electron chi connectivity index (χ3n) is 2.00. The van der Waals surface area contributed by atoms with E-state index in [0.717, 1.165) is 4.47 Å². The van der Waals surface area contributed by atoms with Gasteiger partial charge in [-0.15, -0.1) is 0 Å². The molecule has 0 heterocycles. The van der Waals surface area contributed by atoms with Crippen LogP contribution in [-0.2, 0) is 9.53 Å². The number of nitrogens with zero attached hydrogens (tertiary/aromatic N) is 1. The Kier molecular flexibility index (Phi) is 5.64. The van der Waals surface area contributed by atoms with Crippen LogP contribution >= 0.6 is 15.9 Å². The molecular formula is C12H14BrNO4. The first kappa shape index (κ1) is 14.5. The summed E-state index contributed by atoms with van der Waals surface area (Å²) < 4.78 is 11.1. The molecule has 0 spiro atoms. The molecular weight excluding hydrogens is 302 g/mol. The minimum absolute atomic E-state index is 0.175. The van der Waals surface area contributed by atoms with E-state index in [1.807, 2.05) is 0 Å². The van der Waals surface area contributed by atoms with Crippen LogP contribution in [0, 0.1) is 0 Å². The second kappa shape index (κ2) is 7.00. The molecule has 0 aromatic heterocycles. The smallest absolute Gasteiger partial charge is 0.312 e. The van der Waals surface area contributed by atoms with Crippen LogP contribution in [0.4, 0.5) is 5.69 Å². The lowest BCUT2D eigenvalue weighted by Gasteiger charge is -2.07. The van der Waals surface area contributed by atoms with Crippen molar-refractivity contribution in [3.8, 4) is 5.75 Å². The normalized spacial score (nSPS) is 11.2. The fraction of sp³-hybridized carbons (Fsp3) is 0.333. The van der Waals surface area contributed by atoms with E-state index in [2.05, 4.69) is 20.9 Å². The van der Waals surface area contributed by atoms with E-state index in [1.54, 1.807) is 32.2 Å². The van der Waals surface area contributed by atoms with Crippen molar-refractivity contribution in [2.75, 3.05) is 13.7 Å². The molecule has 0 radical (unpaired) electrons. The molecule has 0 aliphatic heterocycles. The van der Waals surface area contributed by atoms with Crippen LogP contribution in [0.3, 0.4) is 0 Å². The summed E-state index contributed by atoms with van der Waals surface area (Å²) in [4.78, 5) is 14.8. The number of aliphatic imine (C=N–C) groups is 1. The Hall–Kier alpha value is -1.56. The van der Waals surface area contributed by atoms with Crippen molar-refractivity contribution in [2.45, 2.75) is 13.3 Å². The molecule has 0 saturated heterocycles. The van der Waals surface area contributed by atoms with Crippen LogP contribution in [0.5, 0.6) is 5.75 Å². The molecule has 6 heteroatoms. The van der Waals surface area contributed by atoms with Gasteiger partial charge in [0.25, 0.3) is 0 Å². The van der Waals surface area contributed by atoms with Crippen molar-refractivity contribution in [2.24, 2.45) is 4.99 Å². The van der Waals surface area contributed by atoms with Gasteiger partial charge in [-0.25, -0.2) is 4.99 Å². The van der Waals surface area contributed by atoms with E-state index >= 15 is 0 Å². The summed E-state index contributed by atoms with van der Waals surface area (Å²) in [6, 6.07) is 5.22. The molecule has 0 atom stereocenters. The van der Waals surface area contributed by atoms with E-state index < -0.39 is 5.97 Å². The maximum atomic E-state index is 10.7. The first-order valence-corrected chi connectivity index (χ1v) is 6.11. The van der Waals surface area contributed by atoms with Crippen molar-refractivity contribution >= 4 is 33.5 Å². The molecule has 18 heavy (non-hydrogen) atoms. The van der Waals surface area contributed by atoms with Crippen molar-refractivity contribution in [1.29, 1.82) is 0 Å². The topological polar surface area (TPSA) is 68.1 Å². The average Bonchev–Trinajstić information content (AvgIpc) is 2.31.